The van der Waals surface area contributed by atoms with Gasteiger partial charge in [0.15, 0.2) is 11.5 Å². The molecule has 1 aromatic heterocycles. The first-order valence-corrected chi connectivity index (χ1v) is 7.90. The lowest BCUT2D eigenvalue weighted by atomic mass is 10.0. The SMILES string of the molecule is CCCC#Cc1cc(F)c(-c2nc(C(=O)OC)c(Cl)c(N)c2F)cc1F. The van der Waals surface area contributed by atoms with Crippen molar-refractivity contribution >= 4 is 23.3 Å². The summed E-state index contributed by atoms with van der Waals surface area (Å²) in [5.41, 5.74) is 3.05. The Labute approximate surface area is 153 Å². The minimum atomic E-state index is -1.18. The molecular weight excluding hydrogens is 369 g/mol. The van der Waals surface area contributed by atoms with Crippen LogP contribution < -0.4 is 5.73 Å². The Bertz CT molecular complexity index is 936. The van der Waals surface area contributed by atoms with Gasteiger partial charge in [0.2, 0.25) is 0 Å². The number of unbranched alkanes of at least 4 members (excludes halogenated alkanes) is 1. The molecule has 0 radical (unpaired) electrons. The number of nitrogens with zero attached hydrogens (tertiary/aromatic N) is 1. The molecule has 0 bridgehead atoms. The molecular formula is C18H14ClF3N2O2. The predicted molar refractivity (Wildman–Crippen MR) is 92.1 cm³/mol. The Hall–Kier alpha value is -2.72. The van der Waals surface area contributed by atoms with Gasteiger partial charge in [-0.15, -0.1) is 0 Å². The Balaban J connectivity index is 2.66. The van der Waals surface area contributed by atoms with E-state index in [0.29, 0.717) is 6.42 Å². The van der Waals surface area contributed by atoms with Crippen molar-refractivity contribution in [3.8, 4) is 23.1 Å². The molecule has 2 N–H and O–H groups in total. The fourth-order valence-electron chi connectivity index (χ4n) is 2.08. The number of halogens is 4. The maximum Gasteiger partial charge on any atom is 0.358 e. The molecule has 2 aromatic rings. The number of carbonyl (C=O) groups is 1. The number of ether oxygens (including phenoxy) is 1. The Morgan fingerprint density at radius 2 is 2.00 bits per heavy atom. The van der Waals surface area contributed by atoms with E-state index in [9.17, 15) is 18.0 Å². The summed E-state index contributed by atoms with van der Waals surface area (Å²) >= 11 is 5.78. The van der Waals surface area contributed by atoms with Crippen molar-refractivity contribution in [2.75, 3.05) is 12.8 Å². The summed E-state index contributed by atoms with van der Waals surface area (Å²) in [5, 5.41) is -0.471. The van der Waals surface area contributed by atoms with Crippen molar-refractivity contribution in [3.63, 3.8) is 0 Å². The van der Waals surface area contributed by atoms with Crippen LogP contribution in [-0.2, 0) is 4.74 Å². The highest BCUT2D eigenvalue weighted by Crippen LogP contribution is 2.34. The number of rotatable bonds is 3. The van der Waals surface area contributed by atoms with Crippen LogP contribution in [-0.4, -0.2) is 18.1 Å². The average Bonchev–Trinajstić information content (AvgIpc) is 2.62. The zero-order valence-corrected chi connectivity index (χ0v) is 14.7. The number of aromatic nitrogens is 1. The zero-order chi connectivity index (χ0) is 19.4. The van der Waals surface area contributed by atoms with Crippen LogP contribution in [0.15, 0.2) is 12.1 Å². The number of pyridine rings is 1. The Morgan fingerprint density at radius 3 is 2.62 bits per heavy atom. The maximum atomic E-state index is 14.4. The highest BCUT2D eigenvalue weighted by atomic mass is 35.5. The molecule has 0 aliphatic rings. The molecule has 0 amide bonds. The normalized spacial score (nSPS) is 10.2. The van der Waals surface area contributed by atoms with Gasteiger partial charge in [-0.1, -0.05) is 30.4 Å². The van der Waals surface area contributed by atoms with Gasteiger partial charge in [0.25, 0.3) is 0 Å². The van der Waals surface area contributed by atoms with Crippen LogP contribution in [0, 0.1) is 29.3 Å². The quantitative estimate of drug-likeness (QED) is 0.633. The molecule has 0 aliphatic carbocycles. The van der Waals surface area contributed by atoms with E-state index in [0.717, 1.165) is 25.7 Å². The average molecular weight is 383 g/mol. The van der Waals surface area contributed by atoms with Crippen molar-refractivity contribution < 1.29 is 22.7 Å². The summed E-state index contributed by atoms with van der Waals surface area (Å²) in [7, 11) is 1.06. The van der Waals surface area contributed by atoms with Crippen molar-refractivity contribution in [2.24, 2.45) is 0 Å². The van der Waals surface area contributed by atoms with E-state index < -0.39 is 51.1 Å². The van der Waals surface area contributed by atoms with Gasteiger partial charge < -0.3 is 10.5 Å². The second kappa shape index (κ2) is 8.11. The molecule has 0 atom stereocenters. The van der Waals surface area contributed by atoms with Gasteiger partial charge in [-0.25, -0.2) is 22.9 Å². The molecule has 136 valence electrons. The fourth-order valence-corrected chi connectivity index (χ4v) is 2.28. The van der Waals surface area contributed by atoms with Crippen LogP contribution in [0.5, 0.6) is 0 Å². The Kier molecular flexibility index (Phi) is 6.11. The van der Waals surface area contributed by atoms with E-state index in [1.807, 2.05) is 6.92 Å². The van der Waals surface area contributed by atoms with E-state index >= 15 is 0 Å². The molecule has 1 aromatic carbocycles. The second-order valence-corrected chi connectivity index (χ2v) is 5.58. The number of carbonyl (C=O) groups excluding carboxylic acids is 1. The molecule has 0 spiro atoms. The van der Waals surface area contributed by atoms with Gasteiger partial charge in [0, 0.05) is 12.0 Å². The molecule has 26 heavy (non-hydrogen) atoms. The largest absolute Gasteiger partial charge is 0.464 e. The van der Waals surface area contributed by atoms with E-state index in [1.165, 1.54) is 0 Å². The third kappa shape index (κ3) is 3.75. The molecule has 0 fully saturated rings. The second-order valence-electron chi connectivity index (χ2n) is 5.21. The molecule has 0 aliphatic heterocycles. The summed E-state index contributed by atoms with van der Waals surface area (Å²) in [4.78, 5) is 15.4. The van der Waals surface area contributed by atoms with Crippen molar-refractivity contribution in [1.29, 1.82) is 0 Å². The smallest absolute Gasteiger partial charge is 0.358 e. The standard InChI is InChI=1S/C18H14ClF3N2O2/c1-3-4-5-6-9-7-12(21)10(8-11(9)20)16-14(22)15(23)13(19)17(24-16)18(25)26-2/h7-8H,3-4H2,1-2H3,(H2,23,24). The maximum absolute atomic E-state index is 14.4. The first-order valence-electron chi connectivity index (χ1n) is 7.52. The molecule has 0 saturated heterocycles. The number of methoxy groups -OCH3 is 1. The minimum absolute atomic E-state index is 0.171. The minimum Gasteiger partial charge on any atom is -0.464 e. The van der Waals surface area contributed by atoms with Gasteiger partial charge in [0.1, 0.15) is 17.3 Å². The first-order chi connectivity index (χ1) is 12.3. The molecule has 0 saturated carbocycles. The number of esters is 1. The number of hydrogen-bond donors (Lipinski definition) is 1. The number of anilines is 1. The predicted octanol–water partition coefficient (Wildman–Crippen LogP) is 4.34. The number of nitrogen functional groups attached to an aromatic ring is 1. The topological polar surface area (TPSA) is 65.2 Å². The van der Waals surface area contributed by atoms with Gasteiger partial charge in [-0.3, -0.25) is 0 Å². The number of hydrogen-bond acceptors (Lipinski definition) is 4. The van der Waals surface area contributed by atoms with Crippen molar-refractivity contribution in [1.82, 2.24) is 4.98 Å². The first kappa shape index (κ1) is 19.6. The number of benzene rings is 1. The fraction of sp³-hybridized carbons (Fsp3) is 0.222. The van der Waals surface area contributed by atoms with Crippen LogP contribution in [0.3, 0.4) is 0 Å². The van der Waals surface area contributed by atoms with Crippen LogP contribution in [0.1, 0.15) is 35.8 Å². The third-order valence-electron chi connectivity index (χ3n) is 3.40. The van der Waals surface area contributed by atoms with Crippen LogP contribution >= 0.6 is 11.6 Å². The Morgan fingerprint density at radius 1 is 1.31 bits per heavy atom. The summed E-state index contributed by atoms with van der Waals surface area (Å²) in [6.07, 6.45) is 1.29. The van der Waals surface area contributed by atoms with E-state index in [-0.39, 0.29) is 5.56 Å². The molecule has 4 nitrogen and oxygen atoms in total. The molecule has 1 heterocycles. The zero-order valence-electron chi connectivity index (χ0n) is 13.9. The summed E-state index contributed by atoms with van der Waals surface area (Å²) in [6, 6.07) is 1.57. The van der Waals surface area contributed by atoms with E-state index in [1.54, 1.807) is 0 Å². The van der Waals surface area contributed by atoms with Crippen LogP contribution in [0.4, 0.5) is 18.9 Å². The summed E-state index contributed by atoms with van der Waals surface area (Å²) < 4.78 is 47.5. The monoisotopic (exact) mass is 382 g/mol. The number of nitrogens with two attached hydrogens (primary N) is 1. The highest BCUT2D eigenvalue weighted by molar-refractivity contribution is 6.35. The molecule has 8 heteroatoms. The molecule has 2 rings (SSSR count). The van der Waals surface area contributed by atoms with Gasteiger partial charge >= 0.3 is 5.97 Å². The van der Waals surface area contributed by atoms with E-state index in [4.69, 9.17) is 17.3 Å². The molecule has 0 unspecified atom stereocenters. The lowest BCUT2D eigenvalue weighted by Gasteiger charge is -2.11. The van der Waals surface area contributed by atoms with Crippen molar-refractivity contribution in [3.05, 3.63) is 45.9 Å². The van der Waals surface area contributed by atoms with E-state index in [2.05, 4.69) is 21.6 Å². The summed E-state index contributed by atoms with van der Waals surface area (Å²) in [5.74, 6) is 1.19. The van der Waals surface area contributed by atoms with Gasteiger partial charge in [0.05, 0.1) is 23.4 Å². The van der Waals surface area contributed by atoms with Gasteiger partial charge in [-0.2, -0.15) is 0 Å². The highest BCUT2D eigenvalue weighted by Gasteiger charge is 2.25. The van der Waals surface area contributed by atoms with Crippen LogP contribution in [0.25, 0.3) is 11.3 Å². The van der Waals surface area contributed by atoms with Crippen LogP contribution in [0.2, 0.25) is 5.02 Å². The lowest BCUT2D eigenvalue weighted by molar-refractivity contribution is 0.0594. The van der Waals surface area contributed by atoms with Crippen molar-refractivity contribution in [2.45, 2.75) is 19.8 Å². The third-order valence-corrected chi connectivity index (χ3v) is 3.78. The summed E-state index contributed by atoms with van der Waals surface area (Å²) in [6.45, 7) is 1.90. The van der Waals surface area contributed by atoms with Gasteiger partial charge in [-0.05, 0) is 18.6 Å². The lowest BCUT2D eigenvalue weighted by Crippen LogP contribution is -2.11.